The predicted octanol–water partition coefficient (Wildman–Crippen LogP) is 8.63. The van der Waals surface area contributed by atoms with Gasteiger partial charge in [0.15, 0.2) is 5.82 Å². The van der Waals surface area contributed by atoms with Gasteiger partial charge in [0.05, 0.1) is 40.3 Å². The fraction of sp³-hybridized carbons (Fsp3) is 0.378. The number of aromatic nitrogens is 9. The van der Waals surface area contributed by atoms with E-state index in [1.807, 2.05) is 58.0 Å². The van der Waals surface area contributed by atoms with Gasteiger partial charge in [0.2, 0.25) is 0 Å². The Hall–Kier alpha value is -6.59. The van der Waals surface area contributed by atoms with Gasteiger partial charge in [-0.15, -0.1) is 4.80 Å². The lowest BCUT2D eigenvalue weighted by atomic mass is 10.0. The quantitative estimate of drug-likeness (QED) is 0.0866. The molecule has 4 aromatic heterocycles. The topological polar surface area (TPSA) is 149 Å². The van der Waals surface area contributed by atoms with E-state index in [4.69, 9.17) is 0 Å². The first-order valence-corrected chi connectivity index (χ1v) is 20.5. The molecule has 18 heteroatoms. The van der Waals surface area contributed by atoms with Gasteiger partial charge in [-0.05, 0) is 59.6 Å². The summed E-state index contributed by atoms with van der Waals surface area (Å²) in [7, 11) is 0. The molecular formula is C45H50F5N11O2. The standard InChI is InChI=1S/C24H27F2N5O.C21H23F3N6O/c1-5-31(16(2)11-12-21-28-13-19(14-29-21)24(4,25)26)23(32)20-15-27-17(3)30-22(20)18-9-7-6-8-10-18;1-4-29(14(2)8-9-18-25-12-15(13-26-18)21(3,23)24)20(31)16-6-5-7-17(22)19(16)30-27-10-11-28-30/h6-10,13-16H,5,11-12H2,1-4H3;5-7,10-14H,4,8-9H2,1-3H3/t16-;14-/m00/s1. The summed E-state index contributed by atoms with van der Waals surface area (Å²) in [5.41, 5.74) is 1.58. The molecule has 0 aliphatic rings. The summed E-state index contributed by atoms with van der Waals surface area (Å²) in [6.45, 7) is 11.9. The third-order valence-electron chi connectivity index (χ3n) is 10.3. The second-order valence-electron chi connectivity index (χ2n) is 15.0. The number of nitrogens with zero attached hydrogens (tertiary/aromatic N) is 11. The minimum atomic E-state index is -3.00. The molecule has 0 spiro atoms. The van der Waals surface area contributed by atoms with Gasteiger partial charge in [0.25, 0.3) is 23.7 Å². The molecule has 4 heterocycles. The molecule has 6 aromatic rings. The third-order valence-corrected chi connectivity index (χ3v) is 10.3. The first kappa shape index (κ1) is 47.5. The molecule has 0 bridgehead atoms. The lowest BCUT2D eigenvalue weighted by Gasteiger charge is -2.28. The van der Waals surface area contributed by atoms with Crippen LogP contribution in [0.4, 0.5) is 22.0 Å². The molecule has 332 valence electrons. The SMILES string of the molecule is CCN(C(=O)c1cccc(F)c1-n1nccn1)[C@@H](C)CCc1ncc(C(C)(F)F)cn1.CCN(C(=O)c1cnc(C)nc1-c1ccccc1)[C@@H](C)CCc1ncc(C(C)(F)F)cn1. The zero-order chi connectivity index (χ0) is 45.9. The molecule has 2 atom stereocenters. The van der Waals surface area contributed by atoms with Crippen LogP contribution < -0.4 is 0 Å². The van der Waals surface area contributed by atoms with Crippen molar-refractivity contribution in [3.05, 3.63) is 137 Å². The lowest BCUT2D eigenvalue weighted by Crippen LogP contribution is -2.39. The number of amides is 2. The first-order valence-electron chi connectivity index (χ1n) is 20.5. The zero-order valence-electron chi connectivity index (χ0n) is 36.2. The van der Waals surface area contributed by atoms with E-state index >= 15 is 0 Å². The average Bonchev–Trinajstić information content (AvgIpc) is 3.80. The van der Waals surface area contributed by atoms with Gasteiger partial charge in [-0.1, -0.05) is 36.4 Å². The lowest BCUT2D eigenvalue weighted by molar-refractivity contribution is 0.0160. The minimum absolute atomic E-state index is 0.0115. The second kappa shape index (κ2) is 21.0. The highest BCUT2D eigenvalue weighted by atomic mass is 19.3. The highest BCUT2D eigenvalue weighted by Gasteiger charge is 2.29. The molecule has 13 nitrogen and oxygen atoms in total. The van der Waals surface area contributed by atoms with Crippen LogP contribution in [0.15, 0.2) is 91.9 Å². The molecule has 0 radical (unpaired) electrons. The zero-order valence-corrected chi connectivity index (χ0v) is 36.2. The molecule has 0 saturated heterocycles. The van der Waals surface area contributed by atoms with E-state index in [9.17, 15) is 31.5 Å². The van der Waals surface area contributed by atoms with E-state index in [1.165, 1.54) is 30.6 Å². The third kappa shape index (κ3) is 12.3. The summed E-state index contributed by atoms with van der Waals surface area (Å²) in [6.07, 6.45) is 10.9. The van der Waals surface area contributed by atoms with Crippen molar-refractivity contribution >= 4 is 11.8 Å². The predicted molar refractivity (Wildman–Crippen MR) is 226 cm³/mol. The van der Waals surface area contributed by atoms with E-state index in [2.05, 4.69) is 40.1 Å². The Bertz CT molecular complexity index is 2410. The molecule has 0 aliphatic heterocycles. The molecule has 6 rings (SSSR count). The number of aryl methyl sites for hydroxylation is 3. The second-order valence-corrected chi connectivity index (χ2v) is 15.0. The van der Waals surface area contributed by atoms with Crippen LogP contribution in [-0.2, 0) is 24.7 Å². The van der Waals surface area contributed by atoms with Crippen LogP contribution in [0.5, 0.6) is 0 Å². The van der Waals surface area contributed by atoms with Crippen LogP contribution >= 0.6 is 0 Å². The Balaban J connectivity index is 0.000000238. The van der Waals surface area contributed by atoms with Crippen molar-refractivity contribution in [2.24, 2.45) is 0 Å². The van der Waals surface area contributed by atoms with Gasteiger partial charge < -0.3 is 9.80 Å². The summed E-state index contributed by atoms with van der Waals surface area (Å²) in [6, 6.07) is 13.5. The molecular weight excluding hydrogens is 822 g/mol. The van der Waals surface area contributed by atoms with Crippen LogP contribution in [0.25, 0.3) is 16.9 Å². The molecule has 0 saturated carbocycles. The van der Waals surface area contributed by atoms with Crippen LogP contribution in [0.1, 0.15) is 104 Å². The van der Waals surface area contributed by atoms with E-state index in [0.717, 1.165) is 49.0 Å². The van der Waals surface area contributed by atoms with E-state index in [0.29, 0.717) is 67.5 Å². The maximum atomic E-state index is 14.5. The summed E-state index contributed by atoms with van der Waals surface area (Å²) >= 11 is 0. The summed E-state index contributed by atoms with van der Waals surface area (Å²) in [5, 5.41) is 7.89. The maximum Gasteiger partial charge on any atom is 0.273 e. The Morgan fingerprint density at radius 2 is 1.14 bits per heavy atom. The Morgan fingerprint density at radius 1 is 0.667 bits per heavy atom. The van der Waals surface area contributed by atoms with Crippen LogP contribution in [0.3, 0.4) is 0 Å². The molecule has 2 amide bonds. The fourth-order valence-corrected chi connectivity index (χ4v) is 6.69. The summed E-state index contributed by atoms with van der Waals surface area (Å²) in [5.74, 6) is -5.61. The van der Waals surface area contributed by atoms with Crippen molar-refractivity contribution in [1.82, 2.24) is 54.7 Å². The molecule has 2 aromatic carbocycles. The number of hydrogen-bond acceptors (Lipinski definition) is 10. The molecule has 0 fully saturated rings. The van der Waals surface area contributed by atoms with Crippen molar-refractivity contribution in [1.29, 1.82) is 0 Å². The molecule has 63 heavy (non-hydrogen) atoms. The van der Waals surface area contributed by atoms with Gasteiger partial charge in [-0.2, -0.15) is 10.2 Å². The number of carbonyl (C=O) groups excluding carboxylic acids is 2. The van der Waals surface area contributed by atoms with E-state index in [-0.39, 0.29) is 46.3 Å². The number of rotatable bonds is 16. The van der Waals surface area contributed by atoms with Gasteiger partial charge in [-0.25, -0.2) is 51.9 Å². The first-order chi connectivity index (χ1) is 29.9. The van der Waals surface area contributed by atoms with Crippen molar-refractivity contribution in [2.45, 2.75) is 98.1 Å². The van der Waals surface area contributed by atoms with Crippen molar-refractivity contribution in [2.75, 3.05) is 13.1 Å². The highest BCUT2D eigenvalue weighted by Crippen LogP contribution is 2.28. The van der Waals surface area contributed by atoms with Crippen molar-refractivity contribution < 1.29 is 31.5 Å². The van der Waals surface area contributed by atoms with Gasteiger partial charge >= 0.3 is 0 Å². The Morgan fingerprint density at radius 3 is 1.60 bits per heavy atom. The van der Waals surface area contributed by atoms with E-state index < -0.39 is 17.7 Å². The molecule has 0 aliphatic carbocycles. The molecule has 0 N–H and O–H groups in total. The summed E-state index contributed by atoms with van der Waals surface area (Å²) in [4.78, 5) is 56.0. The monoisotopic (exact) mass is 871 g/mol. The van der Waals surface area contributed by atoms with Gasteiger partial charge in [0, 0.05) is 88.4 Å². The van der Waals surface area contributed by atoms with Crippen LogP contribution in [-0.4, -0.2) is 91.7 Å². The van der Waals surface area contributed by atoms with Crippen molar-refractivity contribution in [3.63, 3.8) is 0 Å². The number of carbonyl (C=O) groups is 2. The van der Waals surface area contributed by atoms with Crippen LogP contribution in [0, 0.1) is 12.7 Å². The largest absolute Gasteiger partial charge is 0.336 e. The number of halogens is 5. The number of alkyl halides is 4. The molecule has 0 unspecified atom stereocenters. The van der Waals surface area contributed by atoms with Gasteiger partial charge in [-0.3, -0.25) is 9.59 Å². The fourth-order valence-electron chi connectivity index (χ4n) is 6.69. The minimum Gasteiger partial charge on any atom is -0.336 e. The number of hydrogen-bond donors (Lipinski definition) is 0. The summed E-state index contributed by atoms with van der Waals surface area (Å²) < 4.78 is 67.8. The maximum absolute atomic E-state index is 14.5. The number of para-hydroxylation sites is 1. The van der Waals surface area contributed by atoms with Gasteiger partial charge in [0.1, 0.15) is 23.2 Å². The number of benzene rings is 2. The smallest absolute Gasteiger partial charge is 0.273 e. The normalized spacial score (nSPS) is 12.5. The Labute approximate surface area is 362 Å². The van der Waals surface area contributed by atoms with Crippen LogP contribution in [0.2, 0.25) is 0 Å². The Kier molecular flexibility index (Phi) is 15.8. The van der Waals surface area contributed by atoms with E-state index in [1.54, 1.807) is 22.9 Å². The average molecular weight is 872 g/mol. The van der Waals surface area contributed by atoms with Crippen molar-refractivity contribution in [3.8, 4) is 16.9 Å². The highest BCUT2D eigenvalue weighted by molar-refractivity contribution is 6.00.